The topological polar surface area (TPSA) is 60.2 Å². The normalized spacial score (nSPS) is 23.4. The molecule has 1 saturated heterocycles. The average molecular weight is 275 g/mol. The predicted molar refractivity (Wildman–Crippen MR) is 64.3 cm³/mol. The van der Waals surface area contributed by atoms with Gasteiger partial charge in [0.25, 0.3) is 6.43 Å². The second-order valence-electron chi connectivity index (χ2n) is 4.79. The SMILES string of the molecule is CCC1(c2nc(CCOCC(F)F)no2)CCNC1. The summed E-state index contributed by atoms with van der Waals surface area (Å²) in [5.74, 6) is 1.16. The third-order valence-electron chi connectivity index (χ3n) is 3.56. The van der Waals surface area contributed by atoms with Crippen LogP contribution in [0, 0.1) is 0 Å². The fourth-order valence-corrected chi connectivity index (χ4v) is 2.29. The summed E-state index contributed by atoms with van der Waals surface area (Å²) in [6.45, 7) is 3.52. The summed E-state index contributed by atoms with van der Waals surface area (Å²) in [5, 5.41) is 7.19. The summed E-state index contributed by atoms with van der Waals surface area (Å²) in [5.41, 5.74) is -0.0743. The minimum Gasteiger partial charge on any atom is -0.375 e. The van der Waals surface area contributed by atoms with Gasteiger partial charge in [0.15, 0.2) is 5.82 Å². The summed E-state index contributed by atoms with van der Waals surface area (Å²) in [6, 6.07) is 0. The molecule has 1 fully saturated rings. The van der Waals surface area contributed by atoms with Crippen molar-refractivity contribution in [1.82, 2.24) is 15.5 Å². The Bertz CT molecular complexity index is 392. The van der Waals surface area contributed by atoms with Crippen LogP contribution in [0.3, 0.4) is 0 Å². The van der Waals surface area contributed by atoms with Crippen LogP contribution < -0.4 is 5.32 Å². The first kappa shape index (κ1) is 14.3. The van der Waals surface area contributed by atoms with Crippen molar-refractivity contribution >= 4 is 0 Å². The van der Waals surface area contributed by atoms with Crippen molar-refractivity contribution in [3.05, 3.63) is 11.7 Å². The number of halogens is 2. The molecule has 1 aliphatic rings. The molecule has 1 aliphatic heterocycles. The Morgan fingerprint density at radius 3 is 3.00 bits per heavy atom. The minimum absolute atomic E-state index is 0.0743. The van der Waals surface area contributed by atoms with Gasteiger partial charge >= 0.3 is 0 Å². The molecule has 1 aromatic heterocycles. The van der Waals surface area contributed by atoms with E-state index in [0.717, 1.165) is 25.9 Å². The minimum atomic E-state index is -2.44. The molecule has 0 aromatic carbocycles. The summed E-state index contributed by atoms with van der Waals surface area (Å²) in [4.78, 5) is 4.37. The summed E-state index contributed by atoms with van der Waals surface area (Å²) >= 11 is 0. The molecule has 108 valence electrons. The largest absolute Gasteiger partial charge is 0.375 e. The fourth-order valence-electron chi connectivity index (χ4n) is 2.29. The van der Waals surface area contributed by atoms with E-state index in [4.69, 9.17) is 9.26 Å². The second-order valence-corrected chi connectivity index (χ2v) is 4.79. The van der Waals surface area contributed by atoms with Crippen LogP contribution in [0.5, 0.6) is 0 Å². The van der Waals surface area contributed by atoms with Crippen LogP contribution in [0.15, 0.2) is 4.52 Å². The molecule has 7 heteroatoms. The van der Waals surface area contributed by atoms with Crippen molar-refractivity contribution in [3.63, 3.8) is 0 Å². The molecule has 0 saturated carbocycles. The molecule has 1 N–H and O–H groups in total. The molecule has 1 unspecified atom stereocenters. The highest BCUT2D eigenvalue weighted by Gasteiger charge is 2.39. The highest BCUT2D eigenvalue weighted by molar-refractivity contribution is 5.09. The number of rotatable bonds is 7. The van der Waals surface area contributed by atoms with Gasteiger partial charge in [-0.3, -0.25) is 0 Å². The van der Waals surface area contributed by atoms with Gasteiger partial charge < -0.3 is 14.6 Å². The molecule has 0 bridgehead atoms. The van der Waals surface area contributed by atoms with Gasteiger partial charge in [-0.2, -0.15) is 4.98 Å². The first-order chi connectivity index (χ1) is 9.16. The second kappa shape index (κ2) is 6.38. The summed E-state index contributed by atoms with van der Waals surface area (Å²) in [7, 11) is 0. The molecule has 2 rings (SSSR count). The van der Waals surface area contributed by atoms with E-state index in [2.05, 4.69) is 22.4 Å². The van der Waals surface area contributed by atoms with E-state index in [1.165, 1.54) is 0 Å². The number of ether oxygens (including phenoxy) is 1. The zero-order valence-corrected chi connectivity index (χ0v) is 11.0. The standard InChI is InChI=1S/C12H19F2N3O2/c1-2-12(4-5-15-8-12)11-16-10(17-19-11)3-6-18-7-9(13)14/h9,15H,2-8H2,1H3. The van der Waals surface area contributed by atoms with Crippen LogP contribution in [0.4, 0.5) is 8.78 Å². The number of nitrogens with one attached hydrogen (secondary N) is 1. The summed E-state index contributed by atoms with van der Waals surface area (Å²) < 4.78 is 33.9. The zero-order valence-electron chi connectivity index (χ0n) is 11.0. The van der Waals surface area contributed by atoms with Gasteiger partial charge in [-0.15, -0.1) is 0 Å². The highest BCUT2D eigenvalue weighted by Crippen LogP contribution is 2.32. The van der Waals surface area contributed by atoms with E-state index in [-0.39, 0.29) is 12.0 Å². The van der Waals surface area contributed by atoms with Crippen molar-refractivity contribution in [3.8, 4) is 0 Å². The molecule has 1 atom stereocenters. The Labute approximate surface area is 110 Å². The van der Waals surface area contributed by atoms with Gasteiger partial charge in [-0.25, -0.2) is 8.78 Å². The maximum atomic E-state index is 11.9. The predicted octanol–water partition coefficient (Wildman–Crippen LogP) is 1.53. The zero-order chi connectivity index (χ0) is 13.7. The fraction of sp³-hybridized carbons (Fsp3) is 0.833. The first-order valence-corrected chi connectivity index (χ1v) is 6.56. The molecule has 0 radical (unpaired) electrons. The number of alkyl halides is 2. The Balaban J connectivity index is 1.88. The quantitative estimate of drug-likeness (QED) is 0.765. The molecule has 5 nitrogen and oxygen atoms in total. The van der Waals surface area contributed by atoms with Gasteiger partial charge in [0.1, 0.15) is 6.61 Å². The average Bonchev–Trinajstić information content (AvgIpc) is 3.04. The Kier molecular flexibility index (Phi) is 4.81. The molecule has 19 heavy (non-hydrogen) atoms. The van der Waals surface area contributed by atoms with Crippen LogP contribution >= 0.6 is 0 Å². The van der Waals surface area contributed by atoms with Crippen molar-refractivity contribution in [2.45, 2.75) is 38.0 Å². The number of aromatic nitrogens is 2. The number of nitrogens with zero attached hydrogens (tertiary/aromatic N) is 2. The van der Waals surface area contributed by atoms with Crippen molar-refractivity contribution in [2.75, 3.05) is 26.3 Å². The van der Waals surface area contributed by atoms with Crippen LogP contribution in [-0.2, 0) is 16.6 Å². The lowest BCUT2D eigenvalue weighted by atomic mass is 9.84. The molecule has 0 spiro atoms. The van der Waals surface area contributed by atoms with Crippen molar-refractivity contribution in [1.29, 1.82) is 0 Å². The van der Waals surface area contributed by atoms with Gasteiger partial charge in [0.05, 0.1) is 12.0 Å². The van der Waals surface area contributed by atoms with Crippen LogP contribution in [0.25, 0.3) is 0 Å². The molecule has 0 amide bonds. The van der Waals surface area contributed by atoms with Gasteiger partial charge in [0.2, 0.25) is 5.89 Å². The van der Waals surface area contributed by atoms with Crippen LogP contribution in [0.1, 0.15) is 31.5 Å². The van der Waals surface area contributed by atoms with Crippen LogP contribution in [-0.4, -0.2) is 42.9 Å². The van der Waals surface area contributed by atoms with Crippen molar-refractivity contribution < 1.29 is 18.0 Å². The van der Waals surface area contributed by atoms with E-state index in [1.54, 1.807) is 0 Å². The lowest BCUT2D eigenvalue weighted by Gasteiger charge is -2.20. The lowest BCUT2D eigenvalue weighted by molar-refractivity contribution is 0.0182. The monoisotopic (exact) mass is 275 g/mol. The first-order valence-electron chi connectivity index (χ1n) is 6.56. The smallest absolute Gasteiger partial charge is 0.261 e. The Morgan fingerprint density at radius 1 is 1.53 bits per heavy atom. The molecule has 2 heterocycles. The Morgan fingerprint density at radius 2 is 2.37 bits per heavy atom. The van der Waals surface area contributed by atoms with Gasteiger partial charge in [-0.1, -0.05) is 12.1 Å². The van der Waals surface area contributed by atoms with E-state index in [1.807, 2.05) is 0 Å². The maximum absolute atomic E-state index is 11.9. The van der Waals surface area contributed by atoms with Crippen molar-refractivity contribution in [2.24, 2.45) is 0 Å². The molecular formula is C12H19F2N3O2. The third kappa shape index (κ3) is 3.48. The van der Waals surface area contributed by atoms with E-state index in [0.29, 0.717) is 18.1 Å². The van der Waals surface area contributed by atoms with Gasteiger partial charge in [-0.05, 0) is 19.4 Å². The lowest BCUT2D eigenvalue weighted by Crippen LogP contribution is -2.28. The molecular weight excluding hydrogens is 256 g/mol. The van der Waals surface area contributed by atoms with Gasteiger partial charge in [0, 0.05) is 13.0 Å². The van der Waals surface area contributed by atoms with E-state index >= 15 is 0 Å². The number of hydrogen-bond acceptors (Lipinski definition) is 5. The highest BCUT2D eigenvalue weighted by atomic mass is 19.3. The van der Waals surface area contributed by atoms with Crippen LogP contribution in [0.2, 0.25) is 0 Å². The Hall–Kier alpha value is -1.08. The number of hydrogen-bond donors (Lipinski definition) is 1. The maximum Gasteiger partial charge on any atom is 0.261 e. The van der Waals surface area contributed by atoms with E-state index in [9.17, 15) is 8.78 Å². The molecule has 1 aromatic rings. The summed E-state index contributed by atoms with van der Waals surface area (Å²) in [6.07, 6.45) is -0.131. The van der Waals surface area contributed by atoms with E-state index < -0.39 is 13.0 Å². The third-order valence-corrected chi connectivity index (χ3v) is 3.56. The molecule has 0 aliphatic carbocycles.